The molecule has 1 saturated heterocycles. The summed E-state index contributed by atoms with van der Waals surface area (Å²) in [5, 5.41) is 2.23. The molecule has 0 atom stereocenters. The molecule has 96 valence electrons. The minimum Gasteiger partial charge on any atom is -0.314 e. The zero-order valence-corrected chi connectivity index (χ0v) is 11.1. The zero-order valence-electron chi connectivity index (χ0n) is 10.3. The van der Waals surface area contributed by atoms with Gasteiger partial charge >= 0.3 is 0 Å². The summed E-state index contributed by atoms with van der Waals surface area (Å²) in [5.41, 5.74) is 1.14. The average molecular weight is 267 g/mol. The summed E-state index contributed by atoms with van der Waals surface area (Å²) in [7, 11) is 0. The Morgan fingerprint density at radius 3 is 2.72 bits per heavy atom. The van der Waals surface area contributed by atoms with Gasteiger partial charge in [-0.15, -0.1) is 11.3 Å². The van der Waals surface area contributed by atoms with Crippen molar-refractivity contribution in [3.8, 4) is 0 Å². The molecule has 0 bridgehead atoms. The van der Waals surface area contributed by atoms with Gasteiger partial charge in [0.15, 0.2) is 0 Å². The van der Waals surface area contributed by atoms with Crippen LogP contribution in [0.5, 0.6) is 0 Å². The standard InChI is InChI=1S/C11H13N3O3S/c1-6-8(18-5-12-6)9(16)14-4-7(15)13-10(17)11(14,2)3/h5H,4H2,1-3H3,(H,13,15,17). The minimum absolute atomic E-state index is 0.116. The monoisotopic (exact) mass is 267 g/mol. The van der Waals surface area contributed by atoms with E-state index < -0.39 is 17.4 Å². The van der Waals surface area contributed by atoms with E-state index in [2.05, 4.69) is 10.3 Å². The molecule has 1 aliphatic rings. The molecule has 7 heteroatoms. The smallest absolute Gasteiger partial charge is 0.267 e. The molecule has 0 unspecified atom stereocenters. The number of aromatic nitrogens is 1. The zero-order chi connectivity index (χ0) is 13.5. The maximum Gasteiger partial charge on any atom is 0.267 e. The number of carbonyl (C=O) groups excluding carboxylic acids is 3. The highest BCUT2D eigenvalue weighted by molar-refractivity contribution is 7.11. The van der Waals surface area contributed by atoms with Crippen LogP contribution in [0.2, 0.25) is 0 Å². The molecule has 0 aliphatic carbocycles. The van der Waals surface area contributed by atoms with Crippen LogP contribution >= 0.6 is 11.3 Å². The van der Waals surface area contributed by atoms with Crippen LogP contribution in [0.3, 0.4) is 0 Å². The van der Waals surface area contributed by atoms with Gasteiger partial charge in [-0.05, 0) is 20.8 Å². The molecule has 1 aromatic rings. The summed E-state index contributed by atoms with van der Waals surface area (Å²) in [6, 6.07) is 0. The quantitative estimate of drug-likeness (QED) is 0.744. The van der Waals surface area contributed by atoms with Crippen molar-refractivity contribution in [3.05, 3.63) is 16.1 Å². The van der Waals surface area contributed by atoms with Crippen LogP contribution in [-0.4, -0.2) is 39.7 Å². The summed E-state index contributed by atoms with van der Waals surface area (Å²) < 4.78 is 0. The van der Waals surface area contributed by atoms with E-state index in [9.17, 15) is 14.4 Å². The number of nitrogens with one attached hydrogen (secondary N) is 1. The van der Waals surface area contributed by atoms with Crippen LogP contribution in [0.4, 0.5) is 0 Å². The molecule has 1 aliphatic heterocycles. The maximum atomic E-state index is 12.4. The molecule has 3 amide bonds. The summed E-state index contributed by atoms with van der Waals surface area (Å²) in [6.45, 7) is 4.84. The molecule has 0 saturated carbocycles. The van der Waals surface area contributed by atoms with E-state index in [4.69, 9.17) is 0 Å². The second kappa shape index (κ2) is 4.16. The highest BCUT2D eigenvalue weighted by atomic mass is 32.1. The van der Waals surface area contributed by atoms with Gasteiger partial charge in [0.1, 0.15) is 17.0 Å². The lowest BCUT2D eigenvalue weighted by atomic mass is 9.98. The Hall–Kier alpha value is -1.76. The molecular formula is C11H13N3O3S. The fourth-order valence-corrected chi connectivity index (χ4v) is 2.49. The Morgan fingerprint density at radius 2 is 2.17 bits per heavy atom. The molecule has 1 fully saturated rings. The SMILES string of the molecule is Cc1ncsc1C(=O)N1CC(=O)NC(=O)C1(C)C. The predicted octanol–water partition coefficient (Wildman–Crippen LogP) is 0.329. The fraction of sp³-hybridized carbons (Fsp3) is 0.455. The second-order valence-electron chi connectivity index (χ2n) is 4.59. The van der Waals surface area contributed by atoms with Gasteiger partial charge in [0.05, 0.1) is 11.2 Å². The highest BCUT2D eigenvalue weighted by Crippen LogP contribution is 2.23. The number of aryl methyl sites for hydroxylation is 1. The van der Waals surface area contributed by atoms with Crippen molar-refractivity contribution in [2.75, 3.05) is 6.54 Å². The molecule has 0 radical (unpaired) electrons. The molecule has 0 spiro atoms. The molecule has 6 nitrogen and oxygen atoms in total. The van der Waals surface area contributed by atoms with Crippen LogP contribution in [0.25, 0.3) is 0 Å². The van der Waals surface area contributed by atoms with Crippen molar-refractivity contribution >= 4 is 29.1 Å². The lowest BCUT2D eigenvalue weighted by Gasteiger charge is -2.39. The van der Waals surface area contributed by atoms with E-state index in [1.165, 1.54) is 16.2 Å². The maximum absolute atomic E-state index is 12.4. The number of nitrogens with zero attached hydrogens (tertiary/aromatic N) is 2. The van der Waals surface area contributed by atoms with Crippen molar-refractivity contribution in [1.29, 1.82) is 0 Å². The van der Waals surface area contributed by atoms with E-state index in [-0.39, 0.29) is 12.5 Å². The van der Waals surface area contributed by atoms with Crippen LogP contribution in [0, 0.1) is 6.92 Å². The number of imide groups is 1. The van der Waals surface area contributed by atoms with E-state index >= 15 is 0 Å². The number of amides is 3. The van der Waals surface area contributed by atoms with Gasteiger partial charge in [-0.2, -0.15) is 0 Å². The molecular weight excluding hydrogens is 254 g/mol. The first-order valence-corrected chi connectivity index (χ1v) is 6.28. The summed E-state index contributed by atoms with van der Waals surface area (Å²) in [6.07, 6.45) is 0. The van der Waals surface area contributed by atoms with Gasteiger partial charge in [0.2, 0.25) is 5.91 Å². The van der Waals surface area contributed by atoms with Crippen LogP contribution in [0.1, 0.15) is 29.2 Å². The second-order valence-corrected chi connectivity index (χ2v) is 5.45. The van der Waals surface area contributed by atoms with Gasteiger partial charge in [0, 0.05) is 0 Å². The van der Waals surface area contributed by atoms with Crippen molar-refractivity contribution in [1.82, 2.24) is 15.2 Å². The van der Waals surface area contributed by atoms with Crippen molar-refractivity contribution < 1.29 is 14.4 Å². The Kier molecular flexibility index (Phi) is 2.94. The molecule has 0 aromatic carbocycles. The van der Waals surface area contributed by atoms with Gasteiger partial charge < -0.3 is 4.90 Å². The minimum atomic E-state index is -1.04. The third kappa shape index (κ3) is 1.90. The Labute approximate surface area is 108 Å². The third-order valence-electron chi connectivity index (χ3n) is 2.97. The lowest BCUT2D eigenvalue weighted by Crippen LogP contribution is -2.65. The van der Waals surface area contributed by atoms with Crippen molar-refractivity contribution in [3.63, 3.8) is 0 Å². The lowest BCUT2D eigenvalue weighted by molar-refractivity contribution is -0.143. The normalized spacial score (nSPS) is 18.7. The number of carbonyl (C=O) groups is 3. The highest BCUT2D eigenvalue weighted by Gasteiger charge is 2.44. The molecule has 18 heavy (non-hydrogen) atoms. The third-order valence-corrected chi connectivity index (χ3v) is 3.89. The number of rotatable bonds is 1. The first-order valence-electron chi connectivity index (χ1n) is 5.40. The van der Waals surface area contributed by atoms with Crippen LogP contribution < -0.4 is 5.32 Å². The number of hydrogen-bond acceptors (Lipinski definition) is 5. The van der Waals surface area contributed by atoms with Gasteiger partial charge in [-0.25, -0.2) is 4.98 Å². The summed E-state index contributed by atoms with van der Waals surface area (Å²) in [5.74, 6) is -1.26. The van der Waals surface area contributed by atoms with Crippen LogP contribution in [0.15, 0.2) is 5.51 Å². The molecule has 2 rings (SSSR count). The van der Waals surface area contributed by atoms with E-state index in [0.29, 0.717) is 10.6 Å². The van der Waals surface area contributed by atoms with E-state index in [1.807, 2.05) is 0 Å². The Morgan fingerprint density at radius 1 is 1.50 bits per heavy atom. The largest absolute Gasteiger partial charge is 0.314 e. The molecule has 2 heterocycles. The van der Waals surface area contributed by atoms with Gasteiger partial charge in [-0.3, -0.25) is 19.7 Å². The van der Waals surface area contributed by atoms with Crippen LogP contribution in [-0.2, 0) is 9.59 Å². The Bertz CT molecular complexity index is 535. The molecule has 1 N–H and O–H groups in total. The first kappa shape index (κ1) is 12.7. The van der Waals surface area contributed by atoms with Gasteiger partial charge in [0.25, 0.3) is 11.8 Å². The topological polar surface area (TPSA) is 79.4 Å². The van der Waals surface area contributed by atoms with E-state index in [1.54, 1.807) is 26.3 Å². The number of hydrogen-bond donors (Lipinski definition) is 1. The summed E-state index contributed by atoms with van der Waals surface area (Å²) in [4.78, 5) is 41.3. The molecule has 1 aromatic heterocycles. The first-order chi connectivity index (χ1) is 8.34. The van der Waals surface area contributed by atoms with Crippen molar-refractivity contribution in [2.45, 2.75) is 26.3 Å². The summed E-state index contributed by atoms with van der Waals surface area (Å²) >= 11 is 1.21. The van der Waals surface area contributed by atoms with E-state index in [0.717, 1.165) is 0 Å². The predicted molar refractivity (Wildman–Crippen MR) is 65.1 cm³/mol. The van der Waals surface area contributed by atoms with Gasteiger partial charge in [-0.1, -0.05) is 0 Å². The fourth-order valence-electron chi connectivity index (χ4n) is 1.74. The average Bonchev–Trinajstić information content (AvgIpc) is 2.69. The Balaban J connectivity index is 2.37. The van der Waals surface area contributed by atoms with Crippen molar-refractivity contribution in [2.24, 2.45) is 0 Å². The number of piperazine rings is 1. The number of thiazole rings is 1.